The van der Waals surface area contributed by atoms with Crippen LogP contribution in [0.1, 0.15) is 32.1 Å². The van der Waals surface area contributed by atoms with Gasteiger partial charge in [0, 0.05) is 16.9 Å². The number of halogens is 12. The van der Waals surface area contributed by atoms with Gasteiger partial charge < -0.3 is 14.2 Å². The molecule has 1 spiro atoms. The fraction of sp³-hybridized carbons (Fsp3) is 0.870. The molecule has 1 saturated heterocycles. The van der Waals surface area contributed by atoms with E-state index in [-0.39, 0.29) is 30.9 Å². The molecule has 4 bridgehead atoms. The predicted molar refractivity (Wildman–Crippen MR) is 133 cm³/mol. The van der Waals surface area contributed by atoms with Crippen molar-refractivity contribution in [1.29, 1.82) is 0 Å². The van der Waals surface area contributed by atoms with Gasteiger partial charge >= 0.3 is 57.5 Å². The second-order valence-corrected chi connectivity index (χ2v) is 16.2. The number of esters is 3. The van der Waals surface area contributed by atoms with Crippen LogP contribution in [0.25, 0.3) is 0 Å². The molecule has 0 aromatic heterocycles. The standard InChI is InChI=1S/C23H22F12O9S3/c24-19(25,22(30,31)32)14(36)42-6-10-8-45-18(46-13(10)7-43-15(37)20(26,27)23(33,34)35)11-1-9-2-12(18)5-17(3-9,4-11)44-16(38)21(28,29)47(39,40)41/h9-13H,1-8H2,(H,39,40,41). The molecule has 9 nitrogen and oxygen atoms in total. The monoisotopic (exact) mass is 766 g/mol. The number of rotatable bonds is 9. The third-order valence-electron chi connectivity index (χ3n) is 8.56. The van der Waals surface area contributed by atoms with Gasteiger partial charge in [-0.15, -0.1) is 23.5 Å². The van der Waals surface area contributed by atoms with Gasteiger partial charge in [-0.3, -0.25) is 4.55 Å². The lowest BCUT2D eigenvalue weighted by molar-refractivity contribution is -0.281. The average molecular weight is 767 g/mol. The Balaban J connectivity index is 1.57. The minimum atomic E-state index is -6.38. The molecule has 5 rings (SSSR count). The van der Waals surface area contributed by atoms with Gasteiger partial charge in [0.05, 0.1) is 10.7 Å². The Morgan fingerprint density at radius 1 is 0.745 bits per heavy atom. The molecule has 5 aliphatic rings. The van der Waals surface area contributed by atoms with Crippen LogP contribution in [0, 0.1) is 23.7 Å². The van der Waals surface area contributed by atoms with E-state index in [1.807, 2.05) is 0 Å². The first kappa shape index (κ1) is 38.0. The Labute approximate surface area is 264 Å². The second-order valence-electron chi connectivity index (χ2n) is 11.7. The molecule has 0 aromatic carbocycles. The highest BCUT2D eigenvalue weighted by atomic mass is 32.2. The third-order valence-corrected chi connectivity index (χ3v) is 13.6. The third kappa shape index (κ3) is 6.72. The van der Waals surface area contributed by atoms with Gasteiger partial charge in [-0.2, -0.15) is 61.1 Å². The van der Waals surface area contributed by atoms with Crippen LogP contribution in [0.15, 0.2) is 0 Å². The quantitative estimate of drug-likeness (QED) is 0.143. The van der Waals surface area contributed by atoms with E-state index in [0.717, 1.165) is 23.5 Å². The van der Waals surface area contributed by atoms with Crippen molar-refractivity contribution in [1.82, 2.24) is 0 Å². The number of carbonyl (C=O) groups excluding carboxylic acids is 3. The van der Waals surface area contributed by atoms with Crippen LogP contribution in [0.2, 0.25) is 0 Å². The summed E-state index contributed by atoms with van der Waals surface area (Å²) in [6, 6.07) is 0. The lowest BCUT2D eigenvalue weighted by Gasteiger charge is -2.65. The Morgan fingerprint density at radius 2 is 1.21 bits per heavy atom. The summed E-state index contributed by atoms with van der Waals surface area (Å²) in [7, 11) is -6.21. The number of hydrogen-bond acceptors (Lipinski definition) is 10. The van der Waals surface area contributed by atoms with Crippen molar-refractivity contribution in [3.05, 3.63) is 0 Å². The summed E-state index contributed by atoms with van der Waals surface area (Å²) in [5, 5.41) is -6.76. The first-order valence-electron chi connectivity index (χ1n) is 13.2. The number of carbonyl (C=O) groups is 3. The number of ether oxygens (including phenoxy) is 3. The van der Waals surface area contributed by atoms with E-state index in [2.05, 4.69) is 9.47 Å². The molecule has 1 heterocycles. The summed E-state index contributed by atoms with van der Waals surface area (Å²) in [4.78, 5) is 35.4. The Hall–Kier alpha value is -1.82. The summed E-state index contributed by atoms with van der Waals surface area (Å²) in [5.74, 6) is -23.8. The summed E-state index contributed by atoms with van der Waals surface area (Å²) in [5.41, 5.74) is -1.65. The first-order valence-corrected chi connectivity index (χ1v) is 16.5. The summed E-state index contributed by atoms with van der Waals surface area (Å²) in [6.45, 7) is -2.51. The van der Waals surface area contributed by atoms with Crippen molar-refractivity contribution < 1.29 is 94.2 Å². The fourth-order valence-electron chi connectivity index (χ4n) is 6.56. The number of hydrogen-bond donors (Lipinski definition) is 1. The predicted octanol–water partition coefficient (Wildman–Crippen LogP) is 5.23. The second kappa shape index (κ2) is 11.9. The molecule has 5 fully saturated rings. The molecule has 1 N–H and O–H groups in total. The molecule has 0 aromatic rings. The Kier molecular flexibility index (Phi) is 9.62. The van der Waals surface area contributed by atoms with Crippen LogP contribution in [0.3, 0.4) is 0 Å². The molecule has 4 aliphatic carbocycles. The SMILES string of the molecule is O=C(OCC1CSC2(SC1COC(=O)C(F)(F)C(F)(F)F)C1CC3CC2CC(OC(=O)C(F)(F)S(=O)(=O)O)(C3)C1)C(F)(F)C(F)(F)F. The van der Waals surface area contributed by atoms with E-state index in [4.69, 9.17) is 9.29 Å². The van der Waals surface area contributed by atoms with Crippen LogP contribution in [0.5, 0.6) is 0 Å². The van der Waals surface area contributed by atoms with Gasteiger partial charge in [0.15, 0.2) is 0 Å². The summed E-state index contributed by atoms with van der Waals surface area (Å²) >= 11 is 1.78. The zero-order valence-electron chi connectivity index (χ0n) is 23.0. The van der Waals surface area contributed by atoms with Crippen LogP contribution in [-0.2, 0) is 38.7 Å². The molecule has 24 heteroatoms. The van der Waals surface area contributed by atoms with E-state index in [1.54, 1.807) is 0 Å². The lowest BCUT2D eigenvalue weighted by Crippen LogP contribution is -2.64. The van der Waals surface area contributed by atoms with E-state index in [9.17, 15) is 75.5 Å². The van der Waals surface area contributed by atoms with Crippen LogP contribution >= 0.6 is 23.5 Å². The molecule has 4 unspecified atom stereocenters. The van der Waals surface area contributed by atoms with E-state index in [0.29, 0.717) is 12.8 Å². The normalized spacial score (nSPS) is 33.1. The molecule has 0 radical (unpaired) electrons. The van der Waals surface area contributed by atoms with Crippen LogP contribution in [0.4, 0.5) is 52.7 Å². The van der Waals surface area contributed by atoms with Gasteiger partial charge in [0.1, 0.15) is 12.2 Å². The topological polar surface area (TPSA) is 133 Å². The van der Waals surface area contributed by atoms with Crippen molar-refractivity contribution in [2.45, 2.75) is 76.5 Å². The first-order chi connectivity index (χ1) is 21.1. The molecule has 1 aliphatic heterocycles. The average Bonchev–Trinajstić information content (AvgIpc) is 2.91. The highest BCUT2D eigenvalue weighted by molar-refractivity contribution is 8.19. The van der Waals surface area contributed by atoms with Crippen molar-refractivity contribution in [2.75, 3.05) is 19.0 Å². The highest BCUT2D eigenvalue weighted by Crippen LogP contribution is 2.71. The van der Waals surface area contributed by atoms with Gasteiger partial charge in [-0.05, 0) is 49.9 Å². The smallest absolute Gasteiger partial charge is 0.461 e. The summed E-state index contributed by atoms with van der Waals surface area (Å²) in [6.07, 6.45) is -12.5. The van der Waals surface area contributed by atoms with Gasteiger partial charge in [0.25, 0.3) is 0 Å². The molecule has 4 atom stereocenters. The molecular formula is C23H22F12O9S3. The van der Waals surface area contributed by atoms with Crippen molar-refractivity contribution in [3.8, 4) is 0 Å². The zero-order chi connectivity index (χ0) is 35.8. The van der Waals surface area contributed by atoms with Crippen molar-refractivity contribution in [3.63, 3.8) is 0 Å². The van der Waals surface area contributed by atoms with E-state index in [1.165, 1.54) is 0 Å². The summed E-state index contributed by atoms with van der Waals surface area (Å²) < 4.78 is 201. The van der Waals surface area contributed by atoms with E-state index < -0.39 is 103 Å². The molecule has 270 valence electrons. The molecule has 4 saturated carbocycles. The fourth-order valence-corrected chi connectivity index (χ4v) is 11.1. The van der Waals surface area contributed by atoms with E-state index >= 15 is 0 Å². The van der Waals surface area contributed by atoms with Crippen molar-refractivity contribution >= 4 is 51.5 Å². The Morgan fingerprint density at radius 3 is 1.66 bits per heavy atom. The highest BCUT2D eigenvalue weighted by Gasteiger charge is 2.69. The number of alkyl halides is 12. The number of thioether (sulfide) groups is 2. The van der Waals surface area contributed by atoms with Crippen LogP contribution < -0.4 is 0 Å². The molecule has 47 heavy (non-hydrogen) atoms. The minimum Gasteiger partial charge on any atom is -0.461 e. The van der Waals surface area contributed by atoms with Gasteiger partial charge in [-0.25, -0.2) is 14.4 Å². The Bertz CT molecular complexity index is 1370. The molecular weight excluding hydrogens is 744 g/mol. The zero-order valence-corrected chi connectivity index (χ0v) is 25.5. The maximum atomic E-state index is 14.0. The van der Waals surface area contributed by atoms with Gasteiger partial charge in [0.2, 0.25) is 0 Å². The lowest BCUT2D eigenvalue weighted by atomic mass is 9.53. The van der Waals surface area contributed by atoms with Gasteiger partial charge in [-0.1, -0.05) is 0 Å². The molecule has 0 amide bonds. The maximum absolute atomic E-state index is 14.0. The largest absolute Gasteiger partial charge is 0.465 e. The van der Waals surface area contributed by atoms with Crippen molar-refractivity contribution in [2.24, 2.45) is 23.7 Å². The maximum Gasteiger partial charge on any atom is 0.465 e. The van der Waals surface area contributed by atoms with Crippen LogP contribution in [-0.4, -0.2) is 94.2 Å². The minimum absolute atomic E-state index is 0.0122.